The number of H-pyrrole nitrogens is 1. The molecular weight excluding hydrogens is 490 g/mol. The number of hydrogen-bond acceptors (Lipinski definition) is 5. The molecule has 3 N–H and O–H groups in total. The Morgan fingerprint density at radius 1 is 1.15 bits per heavy atom. The standard InChI is InChI=1S/C25H20ClN3O3S2/c1-13-2-3-14(23(30)27-18-6-7-19-22(11-18)34-25(33)28-19)9-20(13)29-12-15-4-5-17(26)8-16(15)10-21(29)24(31)32/h2-9,11,21H,10,12H2,1H3,(H,27,30)(H,28,33)(H,31,32). The highest BCUT2D eigenvalue weighted by Gasteiger charge is 2.32. The van der Waals surface area contributed by atoms with Crippen molar-refractivity contribution in [3.8, 4) is 0 Å². The lowest BCUT2D eigenvalue weighted by Crippen LogP contribution is -2.46. The highest BCUT2D eigenvalue weighted by Crippen LogP contribution is 2.33. The first-order valence-electron chi connectivity index (χ1n) is 10.6. The van der Waals surface area contributed by atoms with Crippen LogP contribution in [0.4, 0.5) is 11.4 Å². The molecule has 0 bridgehead atoms. The minimum absolute atomic E-state index is 0.268. The third kappa shape index (κ3) is 4.32. The van der Waals surface area contributed by atoms with Crippen LogP contribution < -0.4 is 10.2 Å². The SMILES string of the molecule is Cc1ccc(C(=O)Nc2ccc3[nH]c(=S)sc3c2)cc1N1Cc2ccc(Cl)cc2CC1C(=O)O. The van der Waals surface area contributed by atoms with Crippen molar-refractivity contribution in [3.05, 3.63) is 85.8 Å². The smallest absolute Gasteiger partial charge is 0.326 e. The third-order valence-electron chi connectivity index (χ3n) is 6.04. The Bertz CT molecular complexity index is 1510. The number of aromatic nitrogens is 1. The summed E-state index contributed by atoms with van der Waals surface area (Å²) in [4.78, 5) is 30.2. The molecule has 34 heavy (non-hydrogen) atoms. The largest absolute Gasteiger partial charge is 0.480 e. The Balaban J connectivity index is 1.46. The third-order valence-corrected chi connectivity index (χ3v) is 7.48. The number of halogens is 1. The number of rotatable bonds is 4. The molecular formula is C25H20ClN3O3S2. The van der Waals surface area contributed by atoms with Crippen LogP contribution in [-0.4, -0.2) is 28.0 Å². The number of carbonyl (C=O) groups excluding carboxylic acids is 1. The summed E-state index contributed by atoms with van der Waals surface area (Å²) in [5.41, 5.74) is 5.63. The number of aryl methyl sites for hydroxylation is 1. The van der Waals surface area contributed by atoms with Crippen LogP contribution in [0.1, 0.15) is 27.0 Å². The summed E-state index contributed by atoms with van der Waals surface area (Å²) >= 11 is 12.8. The van der Waals surface area contributed by atoms with Gasteiger partial charge in [0.05, 0.1) is 10.2 Å². The van der Waals surface area contributed by atoms with Gasteiger partial charge in [-0.2, -0.15) is 0 Å². The van der Waals surface area contributed by atoms with E-state index in [-0.39, 0.29) is 5.91 Å². The Morgan fingerprint density at radius 3 is 2.76 bits per heavy atom. The van der Waals surface area contributed by atoms with Crippen molar-refractivity contribution in [3.63, 3.8) is 0 Å². The van der Waals surface area contributed by atoms with Crippen molar-refractivity contribution in [2.24, 2.45) is 0 Å². The Hall–Kier alpha value is -3.20. The van der Waals surface area contributed by atoms with E-state index in [0.29, 0.717) is 33.2 Å². The van der Waals surface area contributed by atoms with Gasteiger partial charge in [0.2, 0.25) is 0 Å². The van der Waals surface area contributed by atoms with Crippen molar-refractivity contribution < 1.29 is 14.7 Å². The molecule has 1 aromatic heterocycles. The lowest BCUT2D eigenvalue weighted by molar-refractivity contribution is -0.138. The van der Waals surface area contributed by atoms with E-state index >= 15 is 0 Å². The maximum absolute atomic E-state index is 13.1. The zero-order valence-electron chi connectivity index (χ0n) is 18.1. The highest BCUT2D eigenvalue weighted by atomic mass is 35.5. The molecule has 4 aromatic rings. The Morgan fingerprint density at radius 2 is 1.97 bits per heavy atom. The van der Waals surface area contributed by atoms with Gasteiger partial charge in [0.1, 0.15) is 6.04 Å². The summed E-state index contributed by atoms with van der Waals surface area (Å²) in [5, 5.41) is 13.5. The molecule has 1 aliphatic rings. The minimum Gasteiger partial charge on any atom is -0.480 e. The molecule has 1 aliphatic heterocycles. The number of thiazole rings is 1. The van der Waals surface area contributed by atoms with Gasteiger partial charge < -0.3 is 20.3 Å². The lowest BCUT2D eigenvalue weighted by atomic mass is 9.92. The fourth-order valence-electron chi connectivity index (χ4n) is 4.31. The van der Waals surface area contributed by atoms with Crippen LogP contribution in [0.25, 0.3) is 10.2 Å². The second-order valence-electron chi connectivity index (χ2n) is 8.28. The number of aromatic amines is 1. The number of carboxylic acid groups (broad SMARTS) is 1. The average molecular weight is 510 g/mol. The second-order valence-corrected chi connectivity index (χ2v) is 10.4. The molecule has 3 aromatic carbocycles. The maximum atomic E-state index is 13.1. The number of amides is 1. The van der Waals surface area contributed by atoms with Crippen molar-refractivity contribution in [1.82, 2.24) is 4.98 Å². The summed E-state index contributed by atoms with van der Waals surface area (Å²) in [6.45, 7) is 2.34. The van der Waals surface area contributed by atoms with Crippen LogP contribution in [0.5, 0.6) is 0 Å². The van der Waals surface area contributed by atoms with E-state index < -0.39 is 12.0 Å². The van der Waals surface area contributed by atoms with Gasteiger partial charge in [-0.15, -0.1) is 11.3 Å². The van der Waals surface area contributed by atoms with Gasteiger partial charge in [-0.25, -0.2) is 4.79 Å². The molecule has 1 atom stereocenters. The quantitative estimate of drug-likeness (QED) is 0.286. The molecule has 172 valence electrons. The van der Waals surface area contributed by atoms with Gasteiger partial charge in [0, 0.05) is 34.9 Å². The van der Waals surface area contributed by atoms with E-state index in [1.54, 1.807) is 12.1 Å². The highest BCUT2D eigenvalue weighted by molar-refractivity contribution is 7.73. The van der Waals surface area contributed by atoms with E-state index in [4.69, 9.17) is 23.8 Å². The average Bonchev–Trinajstić information content (AvgIpc) is 3.17. The van der Waals surface area contributed by atoms with Gasteiger partial charge in [-0.1, -0.05) is 23.7 Å². The Kier molecular flexibility index (Phi) is 5.89. The molecule has 2 heterocycles. The van der Waals surface area contributed by atoms with Crippen molar-refractivity contribution in [1.29, 1.82) is 0 Å². The molecule has 1 amide bonds. The van der Waals surface area contributed by atoms with Crippen LogP contribution in [0, 0.1) is 10.9 Å². The molecule has 5 rings (SSSR count). The fourth-order valence-corrected chi connectivity index (χ4v) is 5.66. The zero-order chi connectivity index (χ0) is 24.0. The van der Waals surface area contributed by atoms with Gasteiger partial charge >= 0.3 is 5.97 Å². The minimum atomic E-state index is -0.915. The van der Waals surface area contributed by atoms with E-state index in [9.17, 15) is 14.7 Å². The molecule has 6 nitrogen and oxygen atoms in total. The van der Waals surface area contributed by atoms with Gasteiger partial charge in [0.15, 0.2) is 3.95 Å². The van der Waals surface area contributed by atoms with E-state index in [1.165, 1.54) is 11.3 Å². The fraction of sp³-hybridized carbons (Fsp3) is 0.160. The molecule has 0 saturated heterocycles. The number of benzene rings is 3. The van der Waals surface area contributed by atoms with Gasteiger partial charge in [-0.05, 0) is 78.3 Å². The predicted octanol–water partition coefficient (Wildman–Crippen LogP) is 6.19. The van der Waals surface area contributed by atoms with Crippen molar-refractivity contribution in [2.45, 2.75) is 25.9 Å². The summed E-state index contributed by atoms with van der Waals surface area (Å²) in [7, 11) is 0. The van der Waals surface area contributed by atoms with Crippen LogP contribution in [0.15, 0.2) is 54.6 Å². The summed E-state index contributed by atoms with van der Waals surface area (Å²) in [6.07, 6.45) is 0.337. The summed E-state index contributed by atoms with van der Waals surface area (Å²) in [6, 6.07) is 15.8. The summed E-state index contributed by atoms with van der Waals surface area (Å²) < 4.78 is 1.64. The zero-order valence-corrected chi connectivity index (χ0v) is 20.5. The van der Waals surface area contributed by atoms with Gasteiger partial charge in [0.25, 0.3) is 5.91 Å². The Labute approximate surface area is 209 Å². The first-order chi connectivity index (χ1) is 16.3. The van der Waals surface area contributed by atoms with E-state index in [0.717, 1.165) is 32.6 Å². The van der Waals surface area contributed by atoms with Crippen molar-refractivity contribution in [2.75, 3.05) is 10.2 Å². The first-order valence-corrected chi connectivity index (χ1v) is 12.2. The number of aliphatic carboxylic acids is 1. The number of carboxylic acids is 1. The van der Waals surface area contributed by atoms with E-state index in [2.05, 4.69) is 10.3 Å². The molecule has 0 fully saturated rings. The normalized spacial score (nSPS) is 15.2. The topological polar surface area (TPSA) is 85.4 Å². The summed E-state index contributed by atoms with van der Waals surface area (Å²) in [5.74, 6) is -1.18. The number of nitrogens with zero attached hydrogens (tertiary/aromatic N) is 1. The van der Waals surface area contributed by atoms with E-state index in [1.807, 2.05) is 54.3 Å². The number of carbonyl (C=O) groups is 2. The monoisotopic (exact) mass is 509 g/mol. The predicted molar refractivity (Wildman–Crippen MR) is 139 cm³/mol. The first kappa shape index (κ1) is 22.6. The number of hydrogen-bond donors (Lipinski definition) is 3. The van der Waals surface area contributed by atoms with Crippen LogP contribution >= 0.6 is 35.2 Å². The van der Waals surface area contributed by atoms with Crippen molar-refractivity contribution >= 4 is 68.6 Å². The second kappa shape index (κ2) is 8.87. The maximum Gasteiger partial charge on any atom is 0.326 e. The lowest BCUT2D eigenvalue weighted by Gasteiger charge is -2.37. The molecule has 0 radical (unpaired) electrons. The van der Waals surface area contributed by atoms with Gasteiger partial charge in [-0.3, -0.25) is 4.79 Å². The number of nitrogens with one attached hydrogen (secondary N) is 2. The van der Waals surface area contributed by atoms with Crippen LogP contribution in [0.3, 0.4) is 0 Å². The number of anilines is 2. The van der Waals surface area contributed by atoms with Crippen LogP contribution in [-0.2, 0) is 17.8 Å². The van der Waals surface area contributed by atoms with Crippen LogP contribution in [0.2, 0.25) is 5.02 Å². The number of fused-ring (bicyclic) bond motifs is 2. The molecule has 0 spiro atoms. The molecule has 9 heteroatoms. The molecule has 0 saturated carbocycles. The molecule has 1 unspecified atom stereocenters. The molecule has 0 aliphatic carbocycles.